The van der Waals surface area contributed by atoms with E-state index in [1.54, 1.807) is 0 Å². The summed E-state index contributed by atoms with van der Waals surface area (Å²) >= 11 is 0. The first-order valence-electron chi connectivity index (χ1n) is 3.91. The lowest BCUT2D eigenvalue weighted by molar-refractivity contribution is -0.150. The number of carbonyl (C=O) groups excluding carboxylic acids is 1. The molecule has 0 unspecified atom stereocenters. The highest BCUT2D eigenvalue weighted by Crippen LogP contribution is 2.11. The van der Waals surface area contributed by atoms with Crippen LogP contribution in [-0.4, -0.2) is 24.2 Å². The summed E-state index contributed by atoms with van der Waals surface area (Å²) in [6.45, 7) is 1.88. The summed E-state index contributed by atoms with van der Waals surface area (Å²) in [5.74, 6) is -1.99. The number of carbonyl (C=O) groups is 2. The highest BCUT2D eigenvalue weighted by molar-refractivity contribution is 5.78. The third kappa shape index (κ3) is 3.95. The fourth-order valence-electron chi connectivity index (χ4n) is 0.946. The van der Waals surface area contributed by atoms with E-state index < -0.39 is 17.9 Å². The number of hydrogen-bond donors (Lipinski definition) is 1. The van der Waals surface area contributed by atoms with Gasteiger partial charge in [0.15, 0.2) is 0 Å². The summed E-state index contributed by atoms with van der Waals surface area (Å²) in [6.07, 6.45) is 1.25. The SMILES string of the molecule is CCC[C@H](CC(=O)OC)C(=O)O. The van der Waals surface area contributed by atoms with Crippen LogP contribution in [0.15, 0.2) is 0 Å². The van der Waals surface area contributed by atoms with Gasteiger partial charge in [-0.15, -0.1) is 0 Å². The van der Waals surface area contributed by atoms with Crippen LogP contribution in [0.1, 0.15) is 26.2 Å². The largest absolute Gasteiger partial charge is 0.481 e. The Balaban J connectivity index is 3.95. The quantitative estimate of drug-likeness (QED) is 0.633. The second kappa shape index (κ2) is 5.57. The molecule has 0 rings (SSSR count). The number of carboxylic acids is 1. The number of rotatable bonds is 5. The van der Waals surface area contributed by atoms with Gasteiger partial charge in [-0.1, -0.05) is 13.3 Å². The van der Waals surface area contributed by atoms with E-state index in [0.717, 1.165) is 6.42 Å². The molecular weight excluding hydrogens is 160 g/mol. The molecule has 1 N–H and O–H groups in total. The fraction of sp³-hybridized carbons (Fsp3) is 0.750. The Hall–Kier alpha value is -1.06. The minimum Gasteiger partial charge on any atom is -0.481 e. The number of hydrogen-bond acceptors (Lipinski definition) is 3. The van der Waals surface area contributed by atoms with Crippen LogP contribution in [0.25, 0.3) is 0 Å². The molecule has 4 nitrogen and oxygen atoms in total. The van der Waals surface area contributed by atoms with Gasteiger partial charge in [0.2, 0.25) is 0 Å². The van der Waals surface area contributed by atoms with Crippen molar-refractivity contribution in [1.29, 1.82) is 0 Å². The first-order valence-corrected chi connectivity index (χ1v) is 3.91. The molecule has 0 aliphatic carbocycles. The van der Waals surface area contributed by atoms with E-state index in [-0.39, 0.29) is 6.42 Å². The number of aliphatic carboxylic acids is 1. The molecule has 0 saturated carbocycles. The van der Waals surface area contributed by atoms with E-state index in [1.807, 2.05) is 6.92 Å². The summed E-state index contributed by atoms with van der Waals surface area (Å²) in [7, 11) is 1.26. The predicted molar refractivity (Wildman–Crippen MR) is 42.7 cm³/mol. The first kappa shape index (κ1) is 10.9. The Morgan fingerprint density at radius 2 is 2.08 bits per heavy atom. The normalized spacial score (nSPS) is 12.2. The van der Waals surface area contributed by atoms with Gasteiger partial charge in [0.1, 0.15) is 0 Å². The van der Waals surface area contributed by atoms with Gasteiger partial charge in [0.05, 0.1) is 19.4 Å². The van der Waals surface area contributed by atoms with Gasteiger partial charge in [-0.2, -0.15) is 0 Å². The molecule has 4 heteroatoms. The van der Waals surface area contributed by atoms with E-state index in [0.29, 0.717) is 6.42 Å². The molecule has 0 radical (unpaired) electrons. The highest BCUT2D eigenvalue weighted by Gasteiger charge is 2.20. The van der Waals surface area contributed by atoms with E-state index in [1.165, 1.54) is 7.11 Å². The van der Waals surface area contributed by atoms with E-state index in [4.69, 9.17) is 5.11 Å². The van der Waals surface area contributed by atoms with Gasteiger partial charge in [-0.3, -0.25) is 9.59 Å². The summed E-state index contributed by atoms with van der Waals surface area (Å²) < 4.78 is 4.37. The Morgan fingerprint density at radius 1 is 1.50 bits per heavy atom. The van der Waals surface area contributed by atoms with Crippen molar-refractivity contribution in [3.8, 4) is 0 Å². The van der Waals surface area contributed by atoms with Crippen LogP contribution in [-0.2, 0) is 14.3 Å². The van der Waals surface area contributed by atoms with Crippen molar-refractivity contribution in [3.63, 3.8) is 0 Å². The molecule has 1 atom stereocenters. The Morgan fingerprint density at radius 3 is 2.42 bits per heavy atom. The molecule has 0 fully saturated rings. The lowest BCUT2D eigenvalue weighted by Crippen LogP contribution is -2.18. The molecule has 0 heterocycles. The molecule has 0 aliphatic heterocycles. The van der Waals surface area contributed by atoms with Crippen LogP contribution >= 0.6 is 0 Å². The highest BCUT2D eigenvalue weighted by atomic mass is 16.5. The number of methoxy groups -OCH3 is 1. The molecule has 0 aliphatic rings. The molecule has 0 bridgehead atoms. The van der Waals surface area contributed by atoms with Crippen molar-refractivity contribution in [2.75, 3.05) is 7.11 Å². The van der Waals surface area contributed by atoms with Crippen LogP contribution in [0, 0.1) is 5.92 Å². The third-order valence-corrected chi connectivity index (χ3v) is 1.63. The average Bonchev–Trinajstić information content (AvgIpc) is 2.03. The predicted octanol–water partition coefficient (Wildman–Crippen LogP) is 1.05. The van der Waals surface area contributed by atoms with Gasteiger partial charge in [-0.05, 0) is 6.42 Å². The van der Waals surface area contributed by atoms with E-state index in [2.05, 4.69) is 4.74 Å². The van der Waals surface area contributed by atoms with Crippen molar-refractivity contribution in [2.24, 2.45) is 5.92 Å². The summed E-state index contributed by atoms with van der Waals surface area (Å²) in [6, 6.07) is 0. The van der Waals surface area contributed by atoms with Crippen molar-refractivity contribution < 1.29 is 19.4 Å². The van der Waals surface area contributed by atoms with E-state index >= 15 is 0 Å². The van der Waals surface area contributed by atoms with Gasteiger partial charge >= 0.3 is 11.9 Å². The monoisotopic (exact) mass is 174 g/mol. The van der Waals surface area contributed by atoms with Gasteiger partial charge in [0, 0.05) is 0 Å². The summed E-state index contributed by atoms with van der Waals surface area (Å²) in [4.78, 5) is 21.2. The van der Waals surface area contributed by atoms with Gasteiger partial charge in [0.25, 0.3) is 0 Å². The molecule has 12 heavy (non-hydrogen) atoms. The summed E-state index contributed by atoms with van der Waals surface area (Å²) in [5.41, 5.74) is 0. The lowest BCUT2D eigenvalue weighted by Gasteiger charge is -2.08. The zero-order valence-electron chi connectivity index (χ0n) is 7.37. The van der Waals surface area contributed by atoms with Crippen molar-refractivity contribution in [1.82, 2.24) is 0 Å². The molecule has 0 saturated heterocycles. The maximum atomic E-state index is 10.7. The van der Waals surface area contributed by atoms with Crippen LogP contribution in [0.2, 0.25) is 0 Å². The minimum atomic E-state index is -0.928. The van der Waals surface area contributed by atoms with Crippen LogP contribution in [0.5, 0.6) is 0 Å². The van der Waals surface area contributed by atoms with Gasteiger partial charge < -0.3 is 9.84 Å². The topological polar surface area (TPSA) is 63.6 Å². The van der Waals surface area contributed by atoms with E-state index in [9.17, 15) is 9.59 Å². The molecule has 0 aromatic rings. The Labute approximate surface area is 71.5 Å². The van der Waals surface area contributed by atoms with Crippen molar-refractivity contribution >= 4 is 11.9 Å². The lowest BCUT2D eigenvalue weighted by atomic mass is 10.0. The second-order valence-electron chi connectivity index (χ2n) is 2.60. The number of esters is 1. The standard InChI is InChI=1S/C8H14O4/c1-3-4-6(8(10)11)5-7(9)12-2/h6H,3-5H2,1-2H3,(H,10,11)/t6-/m1/s1. The molecule has 0 aromatic heterocycles. The van der Waals surface area contributed by atoms with Gasteiger partial charge in [-0.25, -0.2) is 0 Å². The number of ether oxygens (including phenoxy) is 1. The molecule has 70 valence electrons. The maximum Gasteiger partial charge on any atom is 0.307 e. The molecule has 0 amide bonds. The maximum absolute atomic E-state index is 10.7. The molecule has 0 aromatic carbocycles. The number of carboxylic acid groups (broad SMARTS) is 1. The van der Waals surface area contributed by atoms with Crippen LogP contribution in [0.4, 0.5) is 0 Å². The molecule has 0 spiro atoms. The third-order valence-electron chi connectivity index (χ3n) is 1.63. The Kier molecular flexibility index (Phi) is 5.08. The first-order chi connectivity index (χ1) is 5.61. The Bertz CT molecular complexity index is 162. The minimum absolute atomic E-state index is 0.0281. The van der Waals surface area contributed by atoms with Crippen molar-refractivity contribution in [3.05, 3.63) is 0 Å². The summed E-state index contributed by atoms with van der Waals surface area (Å²) in [5, 5.41) is 8.64. The fourth-order valence-corrected chi connectivity index (χ4v) is 0.946. The second-order valence-corrected chi connectivity index (χ2v) is 2.60. The zero-order valence-corrected chi connectivity index (χ0v) is 7.37. The van der Waals surface area contributed by atoms with Crippen molar-refractivity contribution in [2.45, 2.75) is 26.2 Å². The average molecular weight is 174 g/mol. The zero-order chi connectivity index (χ0) is 9.56. The smallest absolute Gasteiger partial charge is 0.307 e. The van der Waals surface area contributed by atoms with Crippen LogP contribution in [0.3, 0.4) is 0 Å². The molecular formula is C8H14O4. The van der Waals surface area contributed by atoms with Crippen LogP contribution < -0.4 is 0 Å².